The minimum Gasteiger partial charge on any atom is -0.353 e. The van der Waals surface area contributed by atoms with E-state index >= 15 is 0 Å². The van der Waals surface area contributed by atoms with E-state index in [1.807, 2.05) is 0 Å². The number of amides is 1. The number of sulfonamides is 1. The number of carbonyl (C=O) groups is 1. The topological polar surface area (TPSA) is 66.5 Å². The van der Waals surface area contributed by atoms with Gasteiger partial charge in [-0.15, -0.1) is 0 Å². The van der Waals surface area contributed by atoms with Gasteiger partial charge in [0.05, 0.1) is 11.9 Å². The van der Waals surface area contributed by atoms with Gasteiger partial charge in [-0.2, -0.15) is 11.8 Å². The van der Waals surface area contributed by atoms with Gasteiger partial charge in [-0.1, -0.05) is 39.8 Å². The molecule has 0 unspecified atom stereocenters. The molecule has 25 heavy (non-hydrogen) atoms. The molecule has 1 amide bonds. The van der Waals surface area contributed by atoms with E-state index in [0.29, 0.717) is 12.3 Å². The molecule has 0 aliphatic heterocycles. The Hall–Kier alpha value is -1.28. The molecule has 1 N–H and O–H groups in total. The molecule has 1 atom stereocenters. The SMILES string of the molecule is CC[C@@H](C(=O)NCCSC(C)(C)C)N(c1ccccc1F)S(C)(=O)=O. The van der Waals surface area contributed by atoms with Gasteiger partial charge in [-0.25, -0.2) is 12.8 Å². The molecular formula is C17H27FN2O3S2. The number of halogens is 1. The minimum absolute atomic E-state index is 0.0842. The number of thioether (sulfide) groups is 1. The second-order valence-electron chi connectivity index (χ2n) is 6.69. The number of carbonyl (C=O) groups excluding carboxylic acids is 1. The molecule has 0 aliphatic carbocycles. The fraction of sp³-hybridized carbons (Fsp3) is 0.588. The van der Waals surface area contributed by atoms with Crippen LogP contribution in [0.25, 0.3) is 0 Å². The molecule has 1 aromatic rings. The van der Waals surface area contributed by atoms with Crippen LogP contribution in [0.2, 0.25) is 0 Å². The maximum absolute atomic E-state index is 14.1. The Bertz CT molecular complexity index is 687. The van der Waals surface area contributed by atoms with Crippen LogP contribution in [0, 0.1) is 5.82 Å². The third kappa shape index (κ3) is 6.86. The minimum atomic E-state index is -3.82. The summed E-state index contributed by atoms with van der Waals surface area (Å²) in [5.41, 5.74) is -0.115. The lowest BCUT2D eigenvalue weighted by Crippen LogP contribution is -2.50. The Labute approximate surface area is 154 Å². The standard InChI is InChI=1S/C17H27FN2O3S2/c1-6-14(16(21)19-11-12-24-17(2,3)4)20(25(5,22)23)15-10-8-7-9-13(15)18/h7-10,14H,6,11-12H2,1-5H3,(H,19,21)/t14-/m0/s1. The molecule has 142 valence electrons. The molecule has 0 heterocycles. The van der Waals surface area contributed by atoms with E-state index in [1.54, 1.807) is 24.8 Å². The van der Waals surface area contributed by atoms with E-state index < -0.39 is 27.8 Å². The molecule has 0 spiro atoms. The lowest BCUT2D eigenvalue weighted by molar-refractivity contribution is -0.122. The van der Waals surface area contributed by atoms with Crippen LogP contribution >= 0.6 is 11.8 Å². The highest BCUT2D eigenvalue weighted by Gasteiger charge is 2.32. The summed E-state index contributed by atoms with van der Waals surface area (Å²) in [6, 6.07) is 4.57. The summed E-state index contributed by atoms with van der Waals surface area (Å²) in [5.74, 6) is -0.391. The number of anilines is 1. The Morgan fingerprint density at radius 1 is 1.32 bits per heavy atom. The van der Waals surface area contributed by atoms with Crippen molar-refractivity contribution in [2.45, 2.75) is 44.9 Å². The first-order chi connectivity index (χ1) is 11.5. The Balaban J connectivity index is 2.96. The molecule has 0 aliphatic rings. The molecule has 1 rings (SSSR count). The number of nitrogens with zero attached hydrogens (tertiary/aromatic N) is 1. The lowest BCUT2D eigenvalue weighted by Gasteiger charge is -2.30. The van der Waals surface area contributed by atoms with Gasteiger partial charge in [0.25, 0.3) is 0 Å². The summed E-state index contributed by atoms with van der Waals surface area (Å²) in [4.78, 5) is 12.5. The Kier molecular flexibility index (Phi) is 7.74. The number of nitrogens with one attached hydrogen (secondary N) is 1. The first-order valence-corrected chi connectivity index (χ1v) is 11.0. The zero-order valence-electron chi connectivity index (χ0n) is 15.4. The summed E-state index contributed by atoms with van der Waals surface area (Å²) < 4.78 is 39.5. The number of para-hydroxylation sites is 1. The van der Waals surface area contributed by atoms with E-state index in [2.05, 4.69) is 26.1 Å². The van der Waals surface area contributed by atoms with Gasteiger partial charge in [-0.05, 0) is 18.6 Å². The smallest absolute Gasteiger partial charge is 0.243 e. The third-order valence-electron chi connectivity index (χ3n) is 3.36. The highest BCUT2D eigenvalue weighted by Crippen LogP contribution is 2.25. The van der Waals surface area contributed by atoms with E-state index in [0.717, 1.165) is 10.6 Å². The molecule has 0 bridgehead atoms. The van der Waals surface area contributed by atoms with Crippen LogP contribution in [-0.4, -0.2) is 43.7 Å². The van der Waals surface area contributed by atoms with Gasteiger partial charge in [0.1, 0.15) is 11.9 Å². The van der Waals surface area contributed by atoms with Gasteiger partial charge >= 0.3 is 0 Å². The lowest BCUT2D eigenvalue weighted by atomic mass is 10.2. The average molecular weight is 391 g/mol. The van der Waals surface area contributed by atoms with Crippen molar-refractivity contribution in [3.8, 4) is 0 Å². The Morgan fingerprint density at radius 2 is 1.92 bits per heavy atom. The highest BCUT2D eigenvalue weighted by molar-refractivity contribution is 8.00. The van der Waals surface area contributed by atoms with Crippen molar-refractivity contribution in [3.63, 3.8) is 0 Å². The zero-order chi connectivity index (χ0) is 19.3. The summed E-state index contributed by atoms with van der Waals surface area (Å²) >= 11 is 1.70. The van der Waals surface area contributed by atoms with Gasteiger partial charge in [0.15, 0.2) is 0 Å². The fourth-order valence-electron chi connectivity index (χ4n) is 2.32. The van der Waals surface area contributed by atoms with Crippen molar-refractivity contribution in [2.75, 3.05) is 22.9 Å². The maximum atomic E-state index is 14.1. The molecule has 0 saturated heterocycles. The summed E-state index contributed by atoms with van der Waals surface area (Å²) in [7, 11) is -3.82. The second kappa shape index (κ2) is 8.89. The van der Waals surface area contributed by atoms with Crippen LogP contribution in [-0.2, 0) is 14.8 Å². The predicted octanol–water partition coefficient (Wildman–Crippen LogP) is 3.02. The van der Waals surface area contributed by atoms with Crippen molar-refractivity contribution in [3.05, 3.63) is 30.1 Å². The second-order valence-corrected chi connectivity index (χ2v) is 10.5. The highest BCUT2D eigenvalue weighted by atomic mass is 32.2. The maximum Gasteiger partial charge on any atom is 0.243 e. The van der Waals surface area contributed by atoms with Crippen molar-refractivity contribution in [1.29, 1.82) is 0 Å². The first kappa shape index (κ1) is 21.8. The summed E-state index contributed by atoms with van der Waals surface area (Å²) in [6.07, 6.45) is 1.21. The fourth-order valence-corrected chi connectivity index (χ4v) is 4.34. The van der Waals surface area contributed by atoms with Crippen LogP contribution < -0.4 is 9.62 Å². The van der Waals surface area contributed by atoms with E-state index in [9.17, 15) is 17.6 Å². The predicted molar refractivity (Wildman–Crippen MR) is 103 cm³/mol. The van der Waals surface area contributed by atoms with Crippen molar-refractivity contribution in [2.24, 2.45) is 0 Å². The van der Waals surface area contributed by atoms with Gasteiger partial charge in [-0.3, -0.25) is 9.10 Å². The number of hydrogen-bond donors (Lipinski definition) is 1. The first-order valence-electron chi connectivity index (χ1n) is 8.13. The van der Waals surface area contributed by atoms with Crippen molar-refractivity contribution >= 4 is 33.4 Å². The largest absolute Gasteiger partial charge is 0.353 e. The quantitative estimate of drug-likeness (QED) is 0.693. The molecule has 0 aromatic heterocycles. The van der Waals surface area contributed by atoms with Gasteiger partial charge < -0.3 is 5.32 Å². The monoisotopic (exact) mass is 390 g/mol. The van der Waals surface area contributed by atoms with E-state index in [4.69, 9.17) is 0 Å². The van der Waals surface area contributed by atoms with Gasteiger partial charge in [0.2, 0.25) is 15.9 Å². The normalized spacial score (nSPS) is 13.4. The van der Waals surface area contributed by atoms with Crippen molar-refractivity contribution < 1.29 is 17.6 Å². The molecule has 0 saturated carbocycles. The van der Waals surface area contributed by atoms with E-state index in [1.165, 1.54) is 18.2 Å². The summed E-state index contributed by atoms with van der Waals surface area (Å²) in [6.45, 7) is 8.37. The van der Waals surface area contributed by atoms with Crippen LogP contribution in [0.3, 0.4) is 0 Å². The van der Waals surface area contributed by atoms with Crippen LogP contribution in [0.1, 0.15) is 34.1 Å². The Morgan fingerprint density at radius 3 is 2.40 bits per heavy atom. The average Bonchev–Trinajstić information content (AvgIpc) is 2.48. The number of benzene rings is 1. The van der Waals surface area contributed by atoms with Crippen LogP contribution in [0.4, 0.5) is 10.1 Å². The van der Waals surface area contributed by atoms with Crippen LogP contribution in [0.15, 0.2) is 24.3 Å². The molecule has 0 fully saturated rings. The van der Waals surface area contributed by atoms with Crippen molar-refractivity contribution in [1.82, 2.24) is 5.32 Å². The molecule has 8 heteroatoms. The molecular weight excluding hydrogens is 363 g/mol. The third-order valence-corrected chi connectivity index (χ3v) is 5.80. The summed E-state index contributed by atoms with van der Waals surface area (Å²) in [5, 5.41) is 2.76. The van der Waals surface area contributed by atoms with Crippen LogP contribution in [0.5, 0.6) is 0 Å². The van der Waals surface area contributed by atoms with Gasteiger partial charge in [0, 0.05) is 17.0 Å². The molecule has 5 nitrogen and oxygen atoms in total. The molecule has 0 radical (unpaired) electrons. The molecule has 1 aromatic carbocycles. The number of rotatable bonds is 8. The van der Waals surface area contributed by atoms with E-state index in [-0.39, 0.29) is 16.9 Å². The number of hydrogen-bond acceptors (Lipinski definition) is 4. The zero-order valence-corrected chi connectivity index (χ0v) is 17.0.